The molecule has 2 rings (SSSR count). The van der Waals surface area contributed by atoms with Crippen LogP contribution in [0, 0.1) is 6.92 Å². The quantitative estimate of drug-likeness (QED) is 0.895. The highest BCUT2D eigenvalue weighted by Crippen LogP contribution is 2.26. The number of ether oxygens (including phenoxy) is 1. The van der Waals surface area contributed by atoms with Gasteiger partial charge in [-0.3, -0.25) is 4.98 Å². The van der Waals surface area contributed by atoms with E-state index >= 15 is 0 Å². The predicted octanol–water partition coefficient (Wildman–Crippen LogP) is 3.06. The number of aryl methyl sites for hydroxylation is 1. The number of benzene rings is 1. The lowest BCUT2D eigenvalue weighted by molar-refractivity contribution is 0.191. The van der Waals surface area contributed by atoms with Gasteiger partial charge in [0, 0.05) is 24.4 Å². The van der Waals surface area contributed by atoms with Crippen LogP contribution in [0.5, 0.6) is 5.75 Å². The van der Waals surface area contributed by atoms with Crippen molar-refractivity contribution in [1.82, 2.24) is 4.98 Å². The Morgan fingerprint density at radius 3 is 2.63 bits per heavy atom. The van der Waals surface area contributed by atoms with Crippen LogP contribution in [0.3, 0.4) is 0 Å². The zero-order valence-electron chi connectivity index (χ0n) is 11.3. The summed E-state index contributed by atoms with van der Waals surface area (Å²) < 4.78 is 5.78. The van der Waals surface area contributed by atoms with Gasteiger partial charge in [-0.05, 0) is 43.7 Å². The highest BCUT2D eigenvalue weighted by molar-refractivity contribution is 5.38. The topological polar surface area (TPSA) is 42.4 Å². The fourth-order valence-corrected chi connectivity index (χ4v) is 1.95. The summed E-state index contributed by atoms with van der Waals surface area (Å²) in [5.41, 5.74) is 3.16. The van der Waals surface area contributed by atoms with Crippen LogP contribution in [0.2, 0.25) is 0 Å². The van der Waals surface area contributed by atoms with Crippen molar-refractivity contribution in [2.45, 2.75) is 26.4 Å². The molecule has 3 heteroatoms. The van der Waals surface area contributed by atoms with Gasteiger partial charge in [0.2, 0.25) is 0 Å². The van der Waals surface area contributed by atoms with Crippen molar-refractivity contribution >= 4 is 0 Å². The van der Waals surface area contributed by atoms with Crippen molar-refractivity contribution in [2.24, 2.45) is 0 Å². The Bertz CT molecular complexity index is 524. The van der Waals surface area contributed by atoms with E-state index in [1.807, 2.05) is 37.3 Å². The molecule has 2 aromatic rings. The molecule has 0 saturated carbocycles. The predicted molar refractivity (Wildman–Crippen MR) is 75.2 cm³/mol. The summed E-state index contributed by atoms with van der Waals surface area (Å²) in [4.78, 5) is 3.98. The Morgan fingerprint density at radius 1 is 1.21 bits per heavy atom. The van der Waals surface area contributed by atoms with E-state index in [0.29, 0.717) is 6.61 Å². The van der Waals surface area contributed by atoms with Gasteiger partial charge in [0.15, 0.2) is 0 Å². The molecule has 19 heavy (non-hydrogen) atoms. The fourth-order valence-electron chi connectivity index (χ4n) is 1.95. The first-order chi connectivity index (χ1) is 9.16. The highest BCUT2D eigenvalue weighted by atomic mass is 16.5. The number of pyridine rings is 1. The van der Waals surface area contributed by atoms with E-state index in [-0.39, 0.29) is 0 Å². The first-order valence-electron chi connectivity index (χ1n) is 6.47. The maximum atomic E-state index is 9.76. The average Bonchev–Trinajstić information content (AvgIpc) is 2.41. The fraction of sp³-hybridized carbons (Fsp3) is 0.312. The molecule has 0 radical (unpaired) electrons. The lowest BCUT2D eigenvalue weighted by Crippen LogP contribution is -2.05. The van der Waals surface area contributed by atoms with Crippen molar-refractivity contribution in [2.75, 3.05) is 6.61 Å². The molecular formula is C16H19NO2. The molecule has 0 fully saturated rings. The number of hydrogen-bond donors (Lipinski definition) is 1. The van der Waals surface area contributed by atoms with Crippen molar-refractivity contribution in [3.63, 3.8) is 0 Å². The van der Waals surface area contributed by atoms with Crippen LogP contribution >= 0.6 is 0 Å². The van der Waals surface area contributed by atoms with E-state index in [0.717, 1.165) is 23.3 Å². The van der Waals surface area contributed by atoms with E-state index in [1.54, 1.807) is 19.3 Å². The molecule has 0 spiro atoms. The smallest absolute Gasteiger partial charge is 0.125 e. The van der Waals surface area contributed by atoms with Crippen LogP contribution < -0.4 is 4.74 Å². The zero-order valence-corrected chi connectivity index (χ0v) is 11.3. The van der Waals surface area contributed by atoms with Crippen LogP contribution in [-0.4, -0.2) is 16.7 Å². The van der Waals surface area contributed by atoms with Crippen LogP contribution in [0.15, 0.2) is 42.7 Å². The van der Waals surface area contributed by atoms with Crippen LogP contribution in [0.25, 0.3) is 0 Å². The second-order valence-corrected chi connectivity index (χ2v) is 4.67. The number of nitrogens with zero attached hydrogens (tertiary/aromatic N) is 1. The third kappa shape index (κ3) is 3.80. The van der Waals surface area contributed by atoms with Gasteiger partial charge in [-0.25, -0.2) is 0 Å². The van der Waals surface area contributed by atoms with Crippen LogP contribution in [-0.2, 0) is 6.42 Å². The third-order valence-corrected chi connectivity index (χ3v) is 3.01. The Kier molecular flexibility index (Phi) is 4.53. The van der Waals surface area contributed by atoms with Gasteiger partial charge in [0.1, 0.15) is 5.75 Å². The lowest BCUT2D eigenvalue weighted by atomic mass is 10.1. The maximum Gasteiger partial charge on any atom is 0.125 e. The van der Waals surface area contributed by atoms with Gasteiger partial charge in [0.05, 0.1) is 12.7 Å². The molecule has 3 nitrogen and oxygen atoms in total. The Balaban J connectivity index is 2.00. The van der Waals surface area contributed by atoms with Crippen molar-refractivity contribution in [1.29, 1.82) is 0 Å². The number of hydrogen-bond acceptors (Lipinski definition) is 3. The summed E-state index contributed by atoms with van der Waals surface area (Å²) in [6.45, 7) is 4.35. The second kappa shape index (κ2) is 6.34. The summed E-state index contributed by atoms with van der Waals surface area (Å²) in [6.07, 6.45) is 3.87. The lowest BCUT2D eigenvalue weighted by Gasteiger charge is -2.14. The standard InChI is InChI=1S/C16H19NO2/c1-12-3-4-16(15(11-12)13(2)18)19-10-7-14-5-8-17-9-6-14/h3-6,8-9,11,13,18H,7,10H2,1-2H3/t13-/m1/s1. The van der Waals surface area contributed by atoms with Gasteiger partial charge in [-0.1, -0.05) is 11.6 Å². The number of rotatable bonds is 5. The van der Waals surface area contributed by atoms with E-state index < -0.39 is 6.10 Å². The SMILES string of the molecule is Cc1ccc(OCCc2ccncc2)c([C@@H](C)O)c1. The van der Waals surface area contributed by atoms with Crippen molar-refractivity contribution in [3.8, 4) is 5.75 Å². The molecule has 1 N–H and O–H groups in total. The number of aliphatic hydroxyl groups excluding tert-OH is 1. The Labute approximate surface area is 113 Å². The Morgan fingerprint density at radius 2 is 1.95 bits per heavy atom. The second-order valence-electron chi connectivity index (χ2n) is 4.67. The minimum absolute atomic E-state index is 0.518. The van der Waals surface area contributed by atoms with Gasteiger partial charge in [0.25, 0.3) is 0 Å². The summed E-state index contributed by atoms with van der Waals surface area (Å²) in [7, 11) is 0. The van der Waals surface area contributed by atoms with E-state index in [9.17, 15) is 5.11 Å². The molecule has 1 atom stereocenters. The zero-order chi connectivity index (χ0) is 13.7. The van der Waals surface area contributed by atoms with Crippen molar-refractivity contribution in [3.05, 3.63) is 59.4 Å². The van der Waals surface area contributed by atoms with Crippen LogP contribution in [0.4, 0.5) is 0 Å². The molecule has 1 heterocycles. The molecule has 0 bridgehead atoms. The number of aromatic nitrogens is 1. The Hall–Kier alpha value is -1.87. The molecular weight excluding hydrogens is 238 g/mol. The minimum atomic E-state index is -0.518. The molecule has 0 aliphatic heterocycles. The normalized spacial score (nSPS) is 12.2. The molecule has 0 aliphatic carbocycles. The van der Waals surface area contributed by atoms with Gasteiger partial charge in [-0.2, -0.15) is 0 Å². The first-order valence-corrected chi connectivity index (χ1v) is 6.47. The summed E-state index contributed by atoms with van der Waals surface area (Å²) in [6, 6.07) is 9.84. The maximum absolute atomic E-state index is 9.76. The van der Waals surface area contributed by atoms with Gasteiger partial charge in [-0.15, -0.1) is 0 Å². The minimum Gasteiger partial charge on any atom is -0.493 e. The molecule has 0 unspecified atom stereocenters. The third-order valence-electron chi connectivity index (χ3n) is 3.01. The molecule has 0 aliphatic rings. The first kappa shape index (κ1) is 13.6. The van der Waals surface area contributed by atoms with E-state index in [1.165, 1.54) is 5.56 Å². The molecule has 0 amide bonds. The molecule has 0 saturated heterocycles. The van der Waals surface area contributed by atoms with Crippen molar-refractivity contribution < 1.29 is 9.84 Å². The average molecular weight is 257 g/mol. The van der Waals surface area contributed by atoms with Gasteiger partial charge < -0.3 is 9.84 Å². The van der Waals surface area contributed by atoms with E-state index in [4.69, 9.17) is 4.74 Å². The molecule has 1 aromatic carbocycles. The van der Waals surface area contributed by atoms with E-state index in [2.05, 4.69) is 4.98 Å². The summed E-state index contributed by atoms with van der Waals surface area (Å²) in [5.74, 6) is 0.759. The highest BCUT2D eigenvalue weighted by Gasteiger charge is 2.09. The van der Waals surface area contributed by atoms with Gasteiger partial charge >= 0.3 is 0 Å². The summed E-state index contributed by atoms with van der Waals surface area (Å²) in [5, 5.41) is 9.76. The largest absolute Gasteiger partial charge is 0.493 e. The molecule has 100 valence electrons. The van der Waals surface area contributed by atoms with Crippen LogP contribution in [0.1, 0.15) is 29.7 Å². The summed E-state index contributed by atoms with van der Waals surface area (Å²) >= 11 is 0. The molecule has 1 aromatic heterocycles. The number of aliphatic hydroxyl groups is 1. The monoisotopic (exact) mass is 257 g/mol.